The fraction of sp³-hybridized carbons (Fsp3) is 0.200. The normalized spacial score (nSPS) is 10.8. The van der Waals surface area contributed by atoms with E-state index in [0.717, 1.165) is 5.65 Å². The molecule has 0 fully saturated rings. The van der Waals surface area contributed by atoms with Crippen molar-refractivity contribution in [3.63, 3.8) is 0 Å². The number of aryl methyl sites for hydroxylation is 1. The number of fused-ring (bicyclic) bond motifs is 1. The summed E-state index contributed by atoms with van der Waals surface area (Å²) in [6.07, 6.45) is 1.86. The maximum atomic E-state index is 4.04. The monoisotopic (exact) mass is 122 g/mol. The van der Waals surface area contributed by atoms with Crippen LogP contribution in [0.1, 0.15) is 0 Å². The van der Waals surface area contributed by atoms with Gasteiger partial charge in [-0.05, 0) is 12.3 Å². The van der Waals surface area contributed by atoms with Gasteiger partial charge in [0.1, 0.15) is 0 Å². The van der Waals surface area contributed by atoms with E-state index in [1.165, 1.54) is 4.80 Å². The number of nitrogens with zero attached hydrogens (tertiary/aromatic N) is 4. The molecule has 2 aromatic heterocycles. The molecule has 0 aromatic carbocycles. The Morgan fingerprint density at radius 1 is 1.78 bits per heavy atom. The van der Waals surface area contributed by atoms with Crippen LogP contribution in [0.5, 0.6) is 0 Å². The third-order valence-corrected chi connectivity index (χ3v) is 1.18. The van der Waals surface area contributed by atoms with Gasteiger partial charge in [-0.2, -0.15) is 10.0 Å². The highest BCUT2D eigenvalue weighted by molar-refractivity contribution is 5.33. The summed E-state index contributed by atoms with van der Waals surface area (Å²) in [6, 6.07) is 3.82. The fourth-order valence-electron chi connectivity index (χ4n) is 0.826. The minimum Gasteiger partial charge on any atom is -0.332 e. The molecule has 0 radical (unpaired) electrons. The van der Waals surface area contributed by atoms with E-state index < -0.39 is 0 Å². The first-order valence-corrected chi connectivity index (χ1v) is 2.71. The van der Waals surface area contributed by atoms with Gasteiger partial charge in [-0.15, -0.1) is 0 Å². The van der Waals surface area contributed by atoms with Crippen molar-refractivity contribution in [3.8, 4) is 0 Å². The van der Waals surface area contributed by atoms with Gasteiger partial charge in [-0.1, -0.05) is 6.07 Å². The van der Waals surface area contributed by atoms with E-state index in [-0.39, 0.29) is 0 Å². The lowest BCUT2D eigenvalue weighted by molar-refractivity contribution is -0.788. The van der Waals surface area contributed by atoms with Gasteiger partial charge < -0.3 is 4.52 Å². The van der Waals surface area contributed by atoms with Crippen molar-refractivity contribution in [3.05, 3.63) is 18.3 Å². The van der Waals surface area contributed by atoms with E-state index in [1.54, 1.807) is 11.6 Å². The van der Waals surface area contributed by atoms with E-state index in [1.807, 2.05) is 18.3 Å². The zero-order valence-corrected chi connectivity index (χ0v) is 5.02. The Labute approximate surface area is 51.7 Å². The summed E-state index contributed by atoms with van der Waals surface area (Å²) in [7, 11) is 1.80. The fourth-order valence-corrected chi connectivity index (χ4v) is 0.826. The van der Waals surface area contributed by atoms with Crippen LogP contribution in [0.2, 0.25) is 0 Å². The van der Waals surface area contributed by atoms with Crippen LogP contribution in [-0.4, -0.2) is 9.73 Å². The Balaban J connectivity index is 2.92. The SMILES string of the molecule is C[n+]1nn2cccc2[n-]1. The molecule has 0 aliphatic carbocycles. The third kappa shape index (κ3) is 0.526. The predicted molar refractivity (Wildman–Crippen MR) is 29.7 cm³/mol. The Morgan fingerprint density at radius 3 is 3.44 bits per heavy atom. The Kier molecular flexibility index (Phi) is 0.677. The van der Waals surface area contributed by atoms with Crippen molar-refractivity contribution in [1.82, 2.24) is 14.8 Å². The molecule has 2 rings (SSSR count). The van der Waals surface area contributed by atoms with Crippen LogP contribution in [-0.2, 0) is 7.05 Å². The van der Waals surface area contributed by atoms with Crippen LogP contribution in [0.4, 0.5) is 0 Å². The van der Waals surface area contributed by atoms with Gasteiger partial charge in [0.15, 0.2) is 0 Å². The summed E-state index contributed by atoms with van der Waals surface area (Å²) in [6.45, 7) is 0. The molecule has 2 aromatic rings. The smallest absolute Gasteiger partial charge is 0.0957 e. The van der Waals surface area contributed by atoms with E-state index in [0.29, 0.717) is 0 Å². The predicted octanol–water partition coefficient (Wildman–Crippen LogP) is -0.884. The van der Waals surface area contributed by atoms with Crippen LogP contribution in [0, 0.1) is 0 Å². The Hall–Kier alpha value is -1.32. The molecule has 0 saturated carbocycles. The van der Waals surface area contributed by atoms with E-state index in [9.17, 15) is 0 Å². The second-order valence-electron chi connectivity index (χ2n) is 1.89. The largest absolute Gasteiger partial charge is 0.332 e. The zero-order chi connectivity index (χ0) is 6.27. The number of tetrazole rings is 1. The molecule has 9 heavy (non-hydrogen) atoms. The standard InChI is InChI=1S/C5H6N4/c1-8-6-5-3-2-4-9(5)7-8/h2-4H,1H3. The molecule has 4 nitrogen and oxygen atoms in total. The van der Waals surface area contributed by atoms with Crippen molar-refractivity contribution < 1.29 is 4.80 Å². The van der Waals surface area contributed by atoms with Gasteiger partial charge in [0.2, 0.25) is 0 Å². The van der Waals surface area contributed by atoms with E-state index >= 15 is 0 Å². The maximum Gasteiger partial charge on any atom is 0.0957 e. The first kappa shape index (κ1) is 4.55. The average molecular weight is 122 g/mol. The van der Waals surface area contributed by atoms with Gasteiger partial charge in [-0.3, -0.25) is 0 Å². The molecular formula is C5H6N4. The number of rotatable bonds is 0. The number of aromatic nitrogens is 4. The lowest BCUT2D eigenvalue weighted by Crippen LogP contribution is -2.35. The van der Waals surface area contributed by atoms with E-state index in [2.05, 4.69) is 10.3 Å². The Bertz CT molecular complexity index is 290. The number of hydrogen-bond donors (Lipinski definition) is 0. The van der Waals surface area contributed by atoms with Crippen molar-refractivity contribution in [2.75, 3.05) is 0 Å². The lowest BCUT2D eigenvalue weighted by Gasteiger charge is -1.83. The van der Waals surface area contributed by atoms with Crippen LogP contribution >= 0.6 is 0 Å². The molecule has 0 atom stereocenters. The van der Waals surface area contributed by atoms with Gasteiger partial charge in [0.25, 0.3) is 0 Å². The maximum absolute atomic E-state index is 4.04. The lowest BCUT2D eigenvalue weighted by atomic mass is 10.7. The molecule has 0 N–H and O–H groups in total. The van der Waals surface area contributed by atoms with Crippen LogP contribution in [0.25, 0.3) is 5.65 Å². The third-order valence-electron chi connectivity index (χ3n) is 1.18. The van der Waals surface area contributed by atoms with Gasteiger partial charge in [-0.25, -0.2) is 5.10 Å². The van der Waals surface area contributed by atoms with Crippen molar-refractivity contribution in [1.29, 1.82) is 0 Å². The average Bonchev–Trinajstić information content (AvgIpc) is 2.22. The first-order chi connectivity index (χ1) is 4.36. The van der Waals surface area contributed by atoms with Gasteiger partial charge in [0, 0.05) is 0 Å². The highest BCUT2D eigenvalue weighted by atomic mass is 15.6. The second kappa shape index (κ2) is 1.34. The summed E-state index contributed by atoms with van der Waals surface area (Å²) in [5.74, 6) is 0. The number of hydrogen-bond acceptors (Lipinski definition) is 1. The second-order valence-corrected chi connectivity index (χ2v) is 1.89. The summed E-state index contributed by atoms with van der Waals surface area (Å²) in [4.78, 5) is 1.54. The summed E-state index contributed by atoms with van der Waals surface area (Å²) >= 11 is 0. The highest BCUT2D eigenvalue weighted by Gasteiger charge is 1.85. The van der Waals surface area contributed by atoms with Crippen LogP contribution in [0.3, 0.4) is 0 Å². The summed E-state index contributed by atoms with van der Waals surface area (Å²) in [5, 5.41) is 8.04. The summed E-state index contributed by atoms with van der Waals surface area (Å²) in [5.41, 5.74) is 0.887. The summed E-state index contributed by atoms with van der Waals surface area (Å²) < 4.78 is 1.72. The minimum absolute atomic E-state index is 0.887. The molecule has 4 heteroatoms. The van der Waals surface area contributed by atoms with Crippen LogP contribution in [0.15, 0.2) is 18.3 Å². The molecule has 46 valence electrons. The van der Waals surface area contributed by atoms with Crippen molar-refractivity contribution >= 4 is 5.65 Å². The van der Waals surface area contributed by atoms with E-state index in [4.69, 9.17) is 0 Å². The molecule has 2 heterocycles. The molecule has 0 amide bonds. The van der Waals surface area contributed by atoms with Gasteiger partial charge in [0.05, 0.1) is 12.7 Å². The highest BCUT2D eigenvalue weighted by Crippen LogP contribution is 1.91. The quantitative estimate of drug-likeness (QED) is 0.425. The first-order valence-electron chi connectivity index (χ1n) is 2.71. The van der Waals surface area contributed by atoms with Gasteiger partial charge >= 0.3 is 0 Å². The minimum atomic E-state index is 0.887. The molecular weight excluding hydrogens is 116 g/mol. The molecule has 0 aliphatic rings. The van der Waals surface area contributed by atoms with Crippen molar-refractivity contribution in [2.24, 2.45) is 7.05 Å². The topological polar surface area (TPSA) is 35.3 Å². The zero-order valence-electron chi connectivity index (χ0n) is 5.02. The molecule has 0 spiro atoms. The van der Waals surface area contributed by atoms with Crippen LogP contribution < -0.4 is 9.90 Å². The molecule has 0 unspecified atom stereocenters. The molecule has 0 aliphatic heterocycles. The molecule has 0 saturated heterocycles. The molecule has 0 bridgehead atoms. The van der Waals surface area contributed by atoms with Crippen molar-refractivity contribution in [2.45, 2.75) is 0 Å². The Morgan fingerprint density at radius 2 is 2.67 bits per heavy atom.